The molecule has 0 aliphatic rings. The van der Waals surface area contributed by atoms with E-state index in [2.05, 4.69) is 49.5 Å². The second-order valence-electron chi connectivity index (χ2n) is 4.71. The summed E-state index contributed by atoms with van der Waals surface area (Å²) in [5, 5.41) is 3.62. The molecule has 2 atom stereocenters. The molecular formula is C16H21NO. The quantitative estimate of drug-likeness (QED) is 0.842. The van der Waals surface area contributed by atoms with E-state index in [0.29, 0.717) is 6.04 Å². The van der Waals surface area contributed by atoms with Gasteiger partial charge in [0.15, 0.2) is 0 Å². The van der Waals surface area contributed by atoms with Gasteiger partial charge in [-0.2, -0.15) is 0 Å². The second kappa shape index (κ2) is 5.87. The molecule has 2 heteroatoms. The molecule has 1 N–H and O–H groups in total. The highest BCUT2D eigenvalue weighted by Crippen LogP contribution is 2.23. The molecule has 1 aromatic heterocycles. The lowest BCUT2D eigenvalue weighted by Crippen LogP contribution is -2.23. The Balaban J connectivity index is 2.07. The van der Waals surface area contributed by atoms with Crippen LogP contribution in [0.25, 0.3) is 0 Å². The number of hydrogen-bond donors (Lipinski definition) is 1. The molecule has 2 aromatic rings. The van der Waals surface area contributed by atoms with E-state index in [0.717, 1.165) is 17.9 Å². The van der Waals surface area contributed by atoms with Crippen LogP contribution in [0.3, 0.4) is 0 Å². The summed E-state index contributed by atoms with van der Waals surface area (Å²) in [6, 6.07) is 15.2. The predicted octanol–water partition coefficient (Wildman–Crippen LogP) is 4.39. The third-order valence-corrected chi connectivity index (χ3v) is 3.25. The van der Waals surface area contributed by atoms with Crippen LogP contribution in [0.5, 0.6) is 0 Å². The van der Waals surface area contributed by atoms with Crippen LogP contribution in [0, 0.1) is 6.92 Å². The highest BCUT2D eigenvalue weighted by molar-refractivity contribution is 5.19. The van der Waals surface area contributed by atoms with E-state index < -0.39 is 0 Å². The zero-order valence-electron chi connectivity index (χ0n) is 11.3. The molecule has 0 amide bonds. The van der Waals surface area contributed by atoms with E-state index in [9.17, 15) is 0 Å². The highest BCUT2D eigenvalue weighted by Gasteiger charge is 2.15. The summed E-state index contributed by atoms with van der Waals surface area (Å²) >= 11 is 0. The molecule has 0 saturated carbocycles. The van der Waals surface area contributed by atoms with Crippen LogP contribution in [-0.2, 0) is 0 Å². The van der Waals surface area contributed by atoms with Crippen LogP contribution >= 0.6 is 0 Å². The first-order valence-corrected chi connectivity index (χ1v) is 6.58. The number of aryl methyl sites for hydroxylation is 1. The van der Waals surface area contributed by atoms with Crippen molar-refractivity contribution in [3.05, 3.63) is 59.5 Å². The third-order valence-electron chi connectivity index (χ3n) is 3.25. The fraction of sp³-hybridized carbons (Fsp3) is 0.375. The molecule has 2 rings (SSSR count). The Bertz CT molecular complexity index is 475. The van der Waals surface area contributed by atoms with Gasteiger partial charge in [-0.3, -0.25) is 0 Å². The predicted molar refractivity (Wildman–Crippen MR) is 74.5 cm³/mol. The normalized spacial score (nSPS) is 14.4. The lowest BCUT2D eigenvalue weighted by Gasteiger charge is -2.21. The van der Waals surface area contributed by atoms with Crippen LogP contribution in [0.1, 0.15) is 49.4 Å². The van der Waals surface area contributed by atoms with Crippen molar-refractivity contribution in [1.29, 1.82) is 0 Å². The minimum absolute atomic E-state index is 0.226. The van der Waals surface area contributed by atoms with E-state index >= 15 is 0 Å². The van der Waals surface area contributed by atoms with E-state index in [-0.39, 0.29) is 6.04 Å². The zero-order valence-corrected chi connectivity index (χ0v) is 11.3. The molecule has 2 unspecified atom stereocenters. The smallest absolute Gasteiger partial charge is 0.120 e. The molecule has 0 aliphatic carbocycles. The number of rotatable bonds is 5. The summed E-state index contributed by atoms with van der Waals surface area (Å²) in [6.07, 6.45) is 1.06. The van der Waals surface area contributed by atoms with Crippen LogP contribution < -0.4 is 5.32 Å². The SMILES string of the molecule is CCC(NC(C)c1ccc(C)o1)c1ccccc1. The lowest BCUT2D eigenvalue weighted by atomic mass is 10.0. The van der Waals surface area contributed by atoms with Gasteiger partial charge in [-0.25, -0.2) is 0 Å². The standard InChI is InChI=1S/C16H21NO/c1-4-15(14-8-6-5-7-9-14)17-13(3)16-11-10-12(2)18-16/h5-11,13,15,17H,4H2,1-3H3. The van der Waals surface area contributed by atoms with Crippen LogP contribution in [-0.4, -0.2) is 0 Å². The monoisotopic (exact) mass is 243 g/mol. The Kier molecular flexibility index (Phi) is 4.21. The molecular weight excluding hydrogens is 222 g/mol. The van der Waals surface area contributed by atoms with E-state index in [1.807, 2.05) is 19.1 Å². The van der Waals surface area contributed by atoms with Gasteiger partial charge in [0.2, 0.25) is 0 Å². The van der Waals surface area contributed by atoms with Gasteiger partial charge in [0.1, 0.15) is 11.5 Å². The van der Waals surface area contributed by atoms with E-state index in [1.165, 1.54) is 5.56 Å². The summed E-state index contributed by atoms with van der Waals surface area (Å²) < 4.78 is 5.66. The molecule has 2 nitrogen and oxygen atoms in total. The van der Waals surface area contributed by atoms with Gasteiger partial charge in [0.25, 0.3) is 0 Å². The second-order valence-corrected chi connectivity index (χ2v) is 4.71. The van der Waals surface area contributed by atoms with Crippen LogP contribution in [0.2, 0.25) is 0 Å². The highest BCUT2D eigenvalue weighted by atomic mass is 16.3. The average molecular weight is 243 g/mol. The van der Waals surface area contributed by atoms with E-state index in [1.54, 1.807) is 0 Å². The number of benzene rings is 1. The third kappa shape index (κ3) is 3.02. The Hall–Kier alpha value is -1.54. The van der Waals surface area contributed by atoms with Crippen LogP contribution in [0.4, 0.5) is 0 Å². The maximum absolute atomic E-state index is 5.66. The van der Waals surface area contributed by atoms with Gasteiger partial charge in [-0.05, 0) is 38.0 Å². The first-order chi connectivity index (χ1) is 8.70. The van der Waals surface area contributed by atoms with Crippen molar-refractivity contribution in [3.8, 4) is 0 Å². The van der Waals surface area contributed by atoms with Crippen molar-refractivity contribution >= 4 is 0 Å². The summed E-state index contributed by atoms with van der Waals surface area (Å²) in [5.41, 5.74) is 1.33. The van der Waals surface area contributed by atoms with Gasteiger partial charge >= 0.3 is 0 Å². The Labute approximate surface area is 109 Å². The van der Waals surface area contributed by atoms with Gasteiger partial charge < -0.3 is 9.73 Å². The van der Waals surface area contributed by atoms with Crippen molar-refractivity contribution < 1.29 is 4.42 Å². The Morgan fingerprint density at radius 2 is 1.83 bits per heavy atom. The van der Waals surface area contributed by atoms with Gasteiger partial charge in [0.05, 0.1) is 6.04 Å². The number of hydrogen-bond acceptors (Lipinski definition) is 2. The first-order valence-electron chi connectivity index (χ1n) is 6.58. The molecule has 96 valence electrons. The fourth-order valence-corrected chi connectivity index (χ4v) is 2.21. The average Bonchev–Trinajstić information content (AvgIpc) is 2.83. The molecule has 0 bridgehead atoms. The number of furan rings is 1. The largest absolute Gasteiger partial charge is 0.465 e. The maximum Gasteiger partial charge on any atom is 0.120 e. The first kappa shape index (κ1) is 12.9. The van der Waals surface area contributed by atoms with Crippen molar-refractivity contribution in [2.45, 2.75) is 39.3 Å². The molecule has 0 saturated heterocycles. The van der Waals surface area contributed by atoms with Gasteiger partial charge in [0, 0.05) is 6.04 Å². The van der Waals surface area contributed by atoms with Crippen molar-refractivity contribution in [1.82, 2.24) is 5.32 Å². The molecule has 0 aliphatic heterocycles. The van der Waals surface area contributed by atoms with Gasteiger partial charge in [-0.15, -0.1) is 0 Å². The topological polar surface area (TPSA) is 25.2 Å². The Morgan fingerprint density at radius 1 is 1.11 bits per heavy atom. The zero-order chi connectivity index (χ0) is 13.0. The minimum atomic E-state index is 0.226. The molecule has 0 fully saturated rings. The summed E-state index contributed by atoms with van der Waals surface area (Å²) in [7, 11) is 0. The van der Waals surface area contributed by atoms with Gasteiger partial charge in [-0.1, -0.05) is 37.3 Å². The van der Waals surface area contributed by atoms with Crippen LogP contribution in [0.15, 0.2) is 46.9 Å². The van der Waals surface area contributed by atoms with Crippen molar-refractivity contribution in [2.24, 2.45) is 0 Å². The molecule has 0 radical (unpaired) electrons. The van der Waals surface area contributed by atoms with Crippen molar-refractivity contribution in [2.75, 3.05) is 0 Å². The van der Waals surface area contributed by atoms with Crippen molar-refractivity contribution in [3.63, 3.8) is 0 Å². The maximum atomic E-state index is 5.66. The Morgan fingerprint density at radius 3 is 2.39 bits per heavy atom. The summed E-state index contributed by atoms with van der Waals surface area (Å²) in [6.45, 7) is 6.32. The molecule has 1 aromatic carbocycles. The summed E-state index contributed by atoms with van der Waals surface area (Å²) in [4.78, 5) is 0. The molecule has 1 heterocycles. The summed E-state index contributed by atoms with van der Waals surface area (Å²) in [5.74, 6) is 1.97. The molecule has 18 heavy (non-hydrogen) atoms. The number of nitrogens with one attached hydrogen (secondary N) is 1. The minimum Gasteiger partial charge on any atom is -0.465 e. The fourth-order valence-electron chi connectivity index (χ4n) is 2.21. The van der Waals surface area contributed by atoms with E-state index in [4.69, 9.17) is 4.42 Å². The lowest BCUT2D eigenvalue weighted by molar-refractivity contribution is 0.378. The molecule has 0 spiro atoms.